The molecule has 3 atom stereocenters. The number of hydrogen-bond acceptors (Lipinski definition) is 4. The van der Waals surface area contributed by atoms with Crippen LogP contribution in [0.1, 0.15) is 35.6 Å². The minimum Gasteiger partial charge on any atom is -0.344 e. The normalized spacial score (nSPS) is 27.6. The first kappa shape index (κ1) is 18.8. The van der Waals surface area contributed by atoms with Gasteiger partial charge in [-0.1, -0.05) is 36.4 Å². The standard InChI is InChI=1S/C25H26N4O2/c1-18-14-21(29-12-5-11-26-29)9-8-20(18)16-27-13-10-25-23(27)15-24(30)28(25)17-22(31-25)19-6-3-2-4-7-19/h2-9,11-12,14,22-23H,10,13,15-17H2,1H3/t22-,23-,25+/m1/s1. The first-order valence-corrected chi connectivity index (χ1v) is 11.0. The van der Waals surface area contributed by atoms with Gasteiger partial charge in [0.2, 0.25) is 5.91 Å². The molecule has 31 heavy (non-hydrogen) atoms. The Kier molecular flexibility index (Phi) is 4.26. The minimum absolute atomic E-state index is 0.0389. The van der Waals surface area contributed by atoms with Gasteiger partial charge in [0.1, 0.15) is 6.10 Å². The van der Waals surface area contributed by atoms with Crippen molar-refractivity contribution in [3.63, 3.8) is 0 Å². The van der Waals surface area contributed by atoms with Gasteiger partial charge in [0.15, 0.2) is 5.72 Å². The number of rotatable bonds is 4. The average Bonchev–Trinajstić information content (AvgIpc) is 3.55. The number of carbonyl (C=O) groups is 1. The van der Waals surface area contributed by atoms with Crippen molar-refractivity contribution in [1.29, 1.82) is 0 Å². The van der Waals surface area contributed by atoms with Crippen molar-refractivity contribution in [3.05, 3.63) is 83.7 Å². The van der Waals surface area contributed by atoms with Crippen LogP contribution in [0.2, 0.25) is 0 Å². The third kappa shape index (κ3) is 2.93. The fourth-order valence-corrected chi connectivity index (χ4v) is 5.58. The molecule has 0 unspecified atom stereocenters. The van der Waals surface area contributed by atoms with Crippen LogP contribution >= 0.6 is 0 Å². The summed E-state index contributed by atoms with van der Waals surface area (Å²) in [6.45, 7) is 4.58. The number of aromatic nitrogens is 2. The van der Waals surface area contributed by atoms with E-state index in [0.29, 0.717) is 13.0 Å². The van der Waals surface area contributed by atoms with Crippen LogP contribution in [0.4, 0.5) is 0 Å². The molecule has 3 aliphatic heterocycles. The molecule has 4 heterocycles. The quantitative estimate of drug-likeness (QED) is 0.656. The van der Waals surface area contributed by atoms with E-state index in [4.69, 9.17) is 4.74 Å². The smallest absolute Gasteiger partial charge is 0.226 e. The molecule has 0 aliphatic carbocycles. The van der Waals surface area contributed by atoms with E-state index in [2.05, 4.69) is 47.3 Å². The maximum absolute atomic E-state index is 12.9. The Bertz CT molecular complexity index is 1110. The van der Waals surface area contributed by atoms with Gasteiger partial charge < -0.3 is 9.64 Å². The van der Waals surface area contributed by atoms with E-state index >= 15 is 0 Å². The summed E-state index contributed by atoms with van der Waals surface area (Å²) in [5, 5.41) is 4.33. The van der Waals surface area contributed by atoms with Gasteiger partial charge in [-0.3, -0.25) is 9.69 Å². The van der Waals surface area contributed by atoms with Gasteiger partial charge in [0.25, 0.3) is 0 Å². The molecule has 6 heteroatoms. The van der Waals surface area contributed by atoms with E-state index in [0.717, 1.165) is 30.8 Å². The van der Waals surface area contributed by atoms with Crippen molar-refractivity contribution in [2.45, 2.75) is 44.2 Å². The van der Waals surface area contributed by atoms with Crippen molar-refractivity contribution >= 4 is 5.91 Å². The van der Waals surface area contributed by atoms with Gasteiger partial charge in [-0.15, -0.1) is 0 Å². The molecule has 1 amide bonds. The lowest BCUT2D eigenvalue weighted by Gasteiger charge is -2.32. The van der Waals surface area contributed by atoms with Gasteiger partial charge in [-0.05, 0) is 41.8 Å². The summed E-state index contributed by atoms with van der Waals surface area (Å²) in [6, 6.07) is 18.8. The number of carbonyl (C=O) groups excluding carboxylic acids is 1. The third-order valence-corrected chi connectivity index (χ3v) is 7.18. The fraction of sp³-hybridized carbons (Fsp3) is 0.360. The number of nitrogens with zero attached hydrogens (tertiary/aromatic N) is 4. The predicted octanol–water partition coefficient (Wildman–Crippen LogP) is 3.46. The fourth-order valence-electron chi connectivity index (χ4n) is 5.58. The third-order valence-electron chi connectivity index (χ3n) is 7.18. The Morgan fingerprint density at radius 1 is 1.16 bits per heavy atom. The first-order valence-electron chi connectivity index (χ1n) is 11.0. The molecule has 1 aromatic heterocycles. The highest BCUT2D eigenvalue weighted by Gasteiger charge is 2.63. The Balaban J connectivity index is 1.24. The Morgan fingerprint density at radius 2 is 2.03 bits per heavy atom. The van der Waals surface area contributed by atoms with Gasteiger partial charge in [0.05, 0.1) is 18.3 Å². The molecule has 3 aromatic rings. The van der Waals surface area contributed by atoms with Crippen LogP contribution in [0.3, 0.4) is 0 Å². The molecular weight excluding hydrogens is 388 g/mol. The highest BCUT2D eigenvalue weighted by molar-refractivity contribution is 5.81. The highest BCUT2D eigenvalue weighted by atomic mass is 16.5. The first-order chi connectivity index (χ1) is 15.1. The average molecular weight is 415 g/mol. The molecule has 3 aliphatic rings. The monoisotopic (exact) mass is 414 g/mol. The molecule has 0 saturated carbocycles. The summed E-state index contributed by atoms with van der Waals surface area (Å²) in [4.78, 5) is 17.4. The van der Waals surface area contributed by atoms with E-state index in [1.54, 1.807) is 6.20 Å². The second-order valence-electron chi connectivity index (χ2n) is 8.87. The molecule has 6 rings (SSSR count). The maximum Gasteiger partial charge on any atom is 0.226 e. The van der Waals surface area contributed by atoms with Crippen LogP contribution in [0.5, 0.6) is 0 Å². The van der Waals surface area contributed by atoms with Crippen molar-refractivity contribution in [1.82, 2.24) is 19.6 Å². The van der Waals surface area contributed by atoms with E-state index in [9.17, 15) is 4.79 Å². The summed E-state index contributed by atoms with van der Waals surface area (Å²) < 4.78 is 8.55. The van der Waals surface area contributed by atoms with Crippen molar-refractivity contribution in [2.24, 2.45) is 0 Å². The number of hydrogen-bond donors (Lipinski definition) is 0. The van der Waals surface area contributed by atoms with Gasteiger partial charge >= 0.3 is 0 Å². The van der Waals surface area contributed by atoms with Crippen molar-refractivity contribution in [2.75, 3.05) is 13.1 Å². The SMILES string of the molecule is Cc1cc(-n2cccn2)ccc1CN1CC[C@@]23O[C@@H](c4ccccc4)CN2C(=O)C[C@@H]13. The molecule has 0 bridgehead atoms. The molecule has 158 valence electrons. The molecular formula is C25H26N4O2. The Hall–Kier alpha value is -2.96. The lowest BCUT2D eigenvalue weighted by molar-refractivity contribution is -0.138. The molecule has 2 aromatic carbocycles. The summed E-state index contributed by atoms with van der Waals surface area (Å²) >= 11 is 0. The summed E-state index contributed by atoms with van der Waals surface area (Å²) in [7, 11) is 0. The number of likely N-dealkylation sites (tertiary alicyclic amines) is 1. The number of benzene rings is 2. The van der Waals surface area contributed by atoms with Crippen LogP contribution in [0.25, 0.3) is 5.69 Å². The molecule has 3 fully saturated rings. The highest BCUT2D eigenvalue weighted by Crippen LogP contribution is 2.50. The molecule has 1 spiro atoms. The maximum atomic E-state index is 12.9. The molecule has 3 saturated heterocycles. The van der Waals surface area contributed by atoms with E-state index < -0.39 is 5.72 Å². The van der Waals surface area contributed by atoms with E-state index in [-0.39, 0.29) is 18.1 Å². The second-order valence-corrected chi connectivity index (χ2v) is 8.87. The molecule has 6 nitrogen and oxygen atoms in total. The van der Waals surface area contributed by atoms with Crippen molar-refractivity contribution in [3.8, 4) is 5.69 Å². The van der Waals surface area contributed by atoms with E-state index in [1.165, 1.54) is 11.1 Å². The number of aryl methyl sites for hydroxylation is 1. The Morgan fingerprint density at radius 3 is 2.81 bits per heavy atom. The zero-order valence-electron chi connectivity index (χ0n) is 17.6. The predicted molar refractivity (Wildman–Crippen MR) is 116 cm³/mol. The van der Waals surface area contributed by atoms with Gasteiger partial charge in [-0.2, -0.15) is 5.10 Å². The van der Waals surface area contributed by atoms with Gasteiger partial charge in [0, 0.05) is 38.3 Å². The topological polar surface area (TPSA) is 50.6 Å². The van der Waals surface area contributed by atoms with Crippen LogP contribution in [-0.4, -0.2) is 50.3 Å². The van der Waals surface area contributed by atoms with Crippen LogP contribution in [-0.2, 0) is 16.1 Å². The molecule has 0 radical (unpaired) electrons. The van der Waals surface area contributed by atoms with Crippen molar-refractivity contribution < 1.29 is 9.53 Å². The second kappa shape index (κ2) is 7.04. The largest absolute Gasteiger partial charge is 0.344 e. The summed E-state index contributed by atoms with van der Waals surface area (Å²) in [5.74, 6) is 0.221. The zero-order chi connectivity index (χ0) is 21.0. The lowest BCUT2D eigenvalue weighted by Crippen LogP contribution is -2.47. The number of amides is 1. The van der Waals surface area contributed by atoms with Crippen LogP contribution < -0.4 is 0 Å². The van der Waals surface area contributed by atoms with E-state index in [1.807, 2.05) is 40.0 Å². The lowest BCUT2D eigenvalue weighted by atomic mass is 10.0. The minimum atomic E-state index is -0.472. The molecule has 0 N–H and O–H groups in total. The summed E-state index contributed by atoms with van der Waals surface area (Å²) in [6.07, 6.45) is 5.13. The Labute approximate surface area is 182 Å². The van der Waals surface area contributed by atoms with Crippen LogP contribution in [0.15, 0.2) is 67.0 Å². The van der Waals surface area contributed by atoms with Gasteiger partial charge in [-0.25, -0.2) is 4.68 Å². The zero-order valence-corrected chi connectivity index (χ0v) is 17.6. The summed E-state index contributed by atoms with van der Waals surface area (Å²) in [5.41, 5.74) is 4.28. The number of ether oxygens (including phenoxy) is 1. The van der Waals surface area contributed by atoms with Crippen LogP contribution in [0, 0.1) is 6.92 Å².